The van der Waals surface area contributed by atoms with Crippen LogP contribution in [0.5, 0.6) is 0 Å². The molecule has 1 aromatic carbocycles. The molecule has 1 aliphatic rings. The number of benzene rings is 1. The van der Waals surface area contributed by atoms with Crippen molar-refractivity contribution in [3.8, 4) is 0 Å². The van der Waals surface area contributed by atoms with Gasteiger partial charge in [0.05, 0.1) is 0 Å². The van der Waals surface area contributed by atoms with Gasteiger partial charge in [-0.25, -0.2) is 4.39 Å². The van der Waals surface area contributed by atoms with Crippen molar-refractivity contribution in [2.24, 2.45) is 5.92 Å². The van der Waals surface area contributed by atoms with Crippen molar-refractivity contribution in [1.82, 2.24) is 5.32 Å². The summed E-state index contributed by atoms with van der Waals surface area (Å²) < 4.78 is 13.6. The van der Waals surface area contributed by atoms with Crippen LogP contribution in [0.25, 0.3) is 0 Å². The fourth-order valence-electron chi connectivity index (χ4n) is 1.92. The lowest BCUT2D eigenvalue weighted by molar-refractivity contribution is 0.443. The molecule has 0 amide bonds. The van der Waals surface area contributed by atoms with E-state index in [1.807, 2.05) is 12.1 Å². The summed E-state index contributed by atoms with van der Waals surface area (Å²) in [6.07, 6.45) is 2.11. The average molecular weight is 207 g/mol. The number of halogens is 1. The Hall–Kier alpha value is -0.890. The second-order valence-corrected chi connectivity index (χ2v) is 4.84. The van der Waals surface area contributed by atoms with Gasteiger partial charge in [0.2, 0.25) is 0 Å². The van der Waals surface area contributed by atoms with Crippen molar-refractivity contribution >= 4 is 0 Å². The fraction of sp³-hybridized carbons (Fsp3) is 0.538. The molecule has 15 heavy (non-hydrogen) atoms. The third-order valence-electron chi connectivity index (χ3n) is 2.99. The number of nitrogens with one attached hydrogen (secondary N) is 1. The highest BCUT2D eigenvalue weighted by molar-refractivity contribution is 5.31. The van der Waals surface area contributed by atoms with Gasteiger partial charge < -0.3 is 5.32 Å². The van der Waals surface area contributed by atoms with Gasteiger partial charge in [-0.3, -0.25) is 0 Å². The Morgan fingerprint density at radius 3 is 2.53 bits per heavy atom. The van der Waals surface area contributed by atoms with Gasteiger partial charge in [0.25, 0.3) is 0 Å². The Balaban J connectivity index is 2.13. The zero-order valence-corrected chi connectivity index (χ0v) is 9.39. The van der Waals surface area contributed by atoms with Crippen LogP contribution in [0.1, 0.15) is 32.3 Å². The highest BCUT2D eigenvalue weighted by Gasteiger charge is 2.45. The molecule has 2 rings (SSSR count). The predicted molar refractivity (Wildman–Crippen MR) is 60.2 cm³/mol. The molecular weight excluding hydrogens is 189 g/mol. The Morgan fingerprint density at radius 2 is 2.00 bits per heavy atom. The van der Waals surface area contributed by atoms with Crippen LogP contribution in [0.2, 0.25) is 0 Å². The minimum atomic E-state index is -0.0775. The molecule has 0 saturated heterocycles. The summed E-state index contributed by atoms with van der Waals surface area (Å²) in [5, 5.41) is 3.49. The number of hydrogen-bond donors (Lipinski definition) is 1. The lowest BCUT2D eigenvalue weighted by atomic mass is 10.0. The van der Waals surface area contributed by atoms with Crippen molar-refractivity contribution in [2.75, 3.05) is 6.54 Å². The lowest BCUT2D eigenvalue weighted by Crippen LogP contribution is -2.32. The highest BCUT2D eigenvalue weighted by atomic mass is 19.1. The summed E-state index contributed by atoms with van der Waals surface area (Å²) in [4.78, 5) is 0. The van der Waals surface area contributed by atoms with E-state index in [4.69, 9.17) is 0 Å². The minimum absolute atomic E-state index is 0.0599. The molecule has 0 bridgehead atoms. The summed E-state index contributed by atoms with van der Waals surface area (Å²) in [7, 11) is 0. The Morgan fingerprint density at radius 1 is 1.33 bits per heavy atom. The van der Waals surface area contributed by atoms with Gasteiger partial charge in [-0.05, 0) is 31.4 Å². The predicted octanol–water partition coefficient (Wildman–Crippen LogP) is 3.06. The van der Waals surface area contributed by atoms with Crippen LogP contribution >= 0.6 is 0 Å². The second-order valence-electron chi connectivity index (χ2n) is 4.84. The zero-order valence-electron chi connectivity index (χ0n) is 9.39. The molecule has 1 fully saturated rings. The molecule has 0 unspecified atom stereocenters. The first kappa shape index (κ1) is 10.6. The number of hydrogen-bond acceptors (Lipinski definition) is 1. The van der Waals surface area contributed by atoms with Crippen LogP contribution in [-0.2, 0) is 5.54 Å². The van der Waals surface area contributed by atoms with Crippen molar-refractivity contribution in [2.45, 2.75) is 32.2 Å². The zero-order chi connectivity index (χ0) is 10.9. The van der Waals surface area contributed by atoms with Crippen LogP contribution in [0.3, 0.4) is 0 Å². The van der Waals surface area contributed by atoms with Gasteiger partial charge in [-0.2, -0.15) is 0 Å². The number of rotatable bonds is 4. The van der Waals surface area contributed by atoms with E-state index in [0.717, 1.165) is 24.9 Å². The lowest BCUT2D eigenvalue weighted by Gasteiger charge is -2.19. The summed E-state index contributed by atoms with van der Waals surface area (Å²) >= 11 is 0. The van der Waals surface area contributed by atoms with E-state index in [2.05, 4.69) is 19.2 Å². The molecule has 0 atom stereocenters. The van der Waals surface area contributed by atoms with E-state index < -0.39 is 0 Å². The minimum Gasteiger partial charge on any atom is -0.307 e. The summed E-state index contributed by atoms with van der Waals surface area (Å²) in [6, 6.07) is 7.11. The molecule has 1 nitrogen and oxygen atoms in total. The third kappa shape index (κ3) is 2.20. The molecule has 82 valence electrons. The Kier molecular flexibility index (Phi) is 2.79. The van der Waals surface area contributed by atoms with E-state index in [9.17, 15) is 4.39 Å². The first-order valence-electron chi connectivity index (χ1n) is 5.64. The first-order chi connectivity index (χ1) is 7.14. The van der Waals surface area contributed by atoms with Crippen LogP contribution in [0, 0.1) is 11.7 Å². The van der Waals surface area contributed by atoms with Crippen molar-refractivity contribution in [3.63, 3.8) is 0 Å². The van der Waals surface area contributed by atoms with Gasteiger partial charge in [0.15, 0.2) is 0 Å². The Labute approximate surface area is 90.7 Å². The SMILES string of the molecule is CC(C)CNC1(c2ccccc2F)CC1. The summed E-state index contributed by atoms with van der Waals surface area (Å²) in [5.74, 6) is 0.528. The van der Waals surface area contributed by atoms with Crippen molar-refractivity contribution < 1.29 is 4.39 Å². The van der Waals surface area contributed by atoms with Gasteiger partial charge in [-0.1, -0.05) is 32.0 Å². The Bertz CT molecular complexity index is 342. The topological polar surface area (TPSA) is 12.0 Å². The second kappa shape index (κ2) is 3.93. The van der Waals surface area contributed by atoms with Crippen LogP contribution < -0.4 is 5.32 Å². The van der Waals surface area contributed by atoms with Gasteiger partial charge in [0, 0.05) is 11.1 Å². The van der Waals surface area contributed by atoms with E-state index in [0.29, 0.717) is 5.92 Å². The maximum absolute atomic E-state index is 13.6. The molecule has 0 aromatic heterocycles. The molecule has 1 N–H and O–H groups in total. The molecule has 0 radical (unpaired) electrons. The summed E-state index contributed by atoms with van der Waals surface area (Å²) in [6.45, 7) is 5.29. The van der Waals surface area contributed by atoms with Gasteiger partial charge >= 0.3 is 0 Å². The molecular formula is C13H18FN. The smallest absolute Gasteiger partial charge is 0.128 e. The third-order valence-corrected chi connectivity index (χ3v) is 2.99. The van der Waals surface area contributed by atoms with Crippen LogP contribution in [-0.4, -0.2) is 6.54 Å². The van der Waals surface area contributed by atoms with E-state index in [1.54, 1.807) is 12.1 Å². The largest absolute Gasteiger partial charge is 0.307 e. The van der Waals surface area contributed by atoms with Gasteiger partial charge in [0.1, 0.15) is 5.82 Å². The molecule has 2 heteroatoms. The molecule has 0 spiro atoms. The molecule has 1 saturated carbocycles. The van der Waals surface area contributed by atoms with E-state index in [-0.39, 0.29) is 11.4 Å². The van der Waals surface area contributed by atoms with E-state index in [1.165, 1.54) is 0 Å². The average Bonchev–Trinajstić information content (AvgIpc) is 2.97. The fourth-order valence-corrected chi connectivity index (χ4v) is 1.92. The molecule has 1 aromatic rings. The first-order valence-corrected chi connectivity index (χ1v) is 5.64. The standard InChI is InChI=1S/C13H18FN/c1-10(2)9-15-13(7-8-13)11-5-3-4-6-12(11)14/h3-6,10,15H,7-9H2,1-2H3. The van der Waals surface area contributed by atoms with E-state index >= 15 is 0 Å². The quantitative estimate of drug-likeness (QED) is 0.800. The molecule has 0 heterocycles. The highest BCUT2D eigenvalue weighted by Crippen LogP contribution is 2.46. The maximum Gasteiger partial charge on any atom is 0.128 e. The van der Waals surface area contributed by atoms with Crippen molar-refractivity contribution in [1.29, 1.82) is 0 Å². The summed E-state index contributed by atoms with van der Waals surface area (Å²) in [5.41, 5.74) is 0.779. The van der Waals surface area contributed by atoms with Crippen LogP contribution in [0.4, 0.5) is 4.39 Å². The molecule has 0 aliphatic heterocycles. The van der Waals surface area contributed by atoms with Gasteiger partial charge in [-0.15, -0.1) is 0 Å². The van der Waals surface area contributed by atoms with Crippen molar-refractivity contribution in [3.05, 3.63) is 35.6 Å². The maximum atomic E-state index is 13.6. The molecule has 1 aliphatic carbocycles. The monoisotopic (exact) mass is 207 g/mol. The normalized spacial score (nSPS) is 18.1. The van der Waals surface area contributed by atoms with Crippen LogP contribution in [0.15, 0.2) is 24.3 Å².